The molecule has 19 heavy (non-hydrogen) atoms. The Kier molecular flexibility index (Phi) is 3.84. The van der Waals surface area contributed by atoms with E-state index in [1.165, 1.54) is 4.90 Å². The molecule has 0 aromatic heterocycles. The van der Waals surface area contributed by atoms with Crippen molar-refractivity contribution < 1.29 is 56.4 Å². The molecule has 11 heteroatoms. The third-order valence-corrected chi connectivity index (χ3v) is 3.85. The SMILES string of the molecule is O=C1NC[C@@H]2C[C@@H]3CN(C(=O)N3OS(=O)(=O)[O-])[C@H]12.[Na+]. The van der Waals surface area contributed by atoms with Gasteiger partial charge in [-0.1, -0.05) is 0 Å². The third-order valence-electron chi connectivity index (χ3n) is 3.51. The predicted molar refractivity (Wildman–Crippen MR) is 53.4 cm³/mol. The van der Waals surface area contributed by atoms with Crippen LogP contribution in [0.25, 0.3) is 0 Å². The molecule has 0 aromatic carbocycles. The van der Waals surface area contributed by atoms with Gasteiger partial charge in [0.25, 0.3) is 0 Å². The minimum absolute atomic E-state index is 0. The quantitative estimate of drug-likeness (QED) is 0.310. The Labute approximate surface area is 131 Å². The summed E-state index contributed by atoms with van der Waals surface area (Å²) in [6.45, 7) is 0.644. The van der Waals surface area contributed by atoms with Gasteiger partial charge in [-0.2, -0.15) is 9.35 Å². The molecule has 0 spiro atoms. The molecule has 0 saturated carbocycles. The number of urea groups is 1. The zero-order valence-corrected chi connectivity index (χ0v) is 12.9. The first-order valence-corrected chi connectivity index (χ1v) is 6.73. The summed E-state index contributed by atoms with van der Waals surface area (Å²) in [7, 11) is -4.99. The van der Waals surface area contributed by atoms with Gasteiger partial charge in [0, 0.05) is 19.0 Å². The van der Waals surface area contributed by atoms with E-state index in [0.29, 0.717) is 18.0 Å². The number of fused-ring (bicyclic) bond motifs is 4. The van der Waals surface area contributed by atoms with Gasteiger partial charge in [0.2, 0.25) is 16.3 Å². The van der Waals surface area contributed by atoms with Crippen LogP contribution in [0, 0.1) is 5.92 Å². The molecular weight excluding hydrogens is 289 g/mol. The van der Waals surface area contributed by atoms with Crippen LogP contribution >= 0.6 is 0 Å². The largest absolute Gasteiger partial charge is 1.00 e. The first kappa shape index (κ1) is 15.0. The molecule has 2 bridgehead atoms. The topological polar surface area (TPSA) is 119 Å². The van der Waals surface area contributed by atoms with Crippen molar-refractivity contribution in [3.8, 4) is 0 Å². The van der Waals surface area contributed by atoms with E-state index >= 15 is 0 Å². The molecule has 3 heterocycles. The summed E-state index contributed by atoms with van der Waals surface area (Å²) in [6.07, 6.45) is 0.432. The summed E-state index contributed by atoms with van der Waals surface area (Å²) in [5.41, 5.74) is 0. The van der Waals surface area contributed by atoms with Crippen LogP contribution in [-0.2, 0) is 19.5 Å². The van der Waals surface area contributed by atoms with Crippen molar-refractivity contribution in [2.45, 2.75) is 18.5 Å². The van der Waals surface area contributed by atoms with Gasteiger partial charge in [-0.15, -0.1) is 0 Å². The van der Waals surface area contributed by atoms with Crippen LogP contribution in [0.2, 0.25) is 0 Å². The Morgan fingerprint density at radius 1 is 1.37 bits per heavy atom. The van der Waals surface area contributed by atoms with Gasteiger partial charge in [0.05, 0.1) is 6.04 Å². The normalized spacial score (nSPS) is 33.0. The monoisotopic (exact) mass is 299 g/mol. The second-order valence-corrected chi connectivity index (χ2v) is 5.55. The molecule has 3 rings (SSSR count). The van der Waals surface area contributed by atoms with E-state index in [1.54, 1.807) is 0 Å². The number of carbonyl (C=O) groups excluding carboxylic acids is 2. The Bertz CT molecular complexity index is 525. The molecule has 3 fully saturated rings. The van der Waals surface area contributed by atoms with E-state index in [-0.39, 0.29) is 47.9 Å². The van der Waals surface area contributed by atoms with E-state index < -0.39 is 28.5 Å². The van der Waals surface area contributed by atoms with Crippen LogP contribution < -0.4 is 34.9 Å². The summed E-state index contributed by atoms with van der Waals surface area (Å²) in [5.74, 6) is -0.318. The molecule has 0 radical (unpaired) electrons. The second-order valence-electron chi connectivity index (χ2n) is 4.58. The van der Waals surface area contributed by atoms with Crippen molar-refractivity contribution in [2.24, 2.45) is 5.92 Å². The van der Waals surface area contributed by atoms with Gasteiger partial charge in [0.15, 0.2) is 0 Å². The van der Waals surface area contributed by atoms with Crippen LogP contribution in [0.1, 0.15) is 6.42 Å². The average Bonchev–Trinajstić information content (AvgIpc) is 2.73. The Balaban J connectivity index is 0.00000133. The van der Waals surface area contributed by atoms with E-state index in [2.05, 4.69) is 9.60 Å². The van der Waals surface area contributed by atoms with Gasteiger partial charge in [-0.3, -0.25) is 4.79 Å². The molecule has 0 aliphatic carbocycles. The summed E-state index contributed by atoms with van der Waals surface area (Å²) in [6, 6.07) is -1.84. The maximum Gasteiger partial charge on any atom is 1.00 e. The molecule has 3 saturated heterocycles. The van der Waals surface area contributed by atoms with Crippen LogP contribution in [0.4, 0.5) is 4.79 Å². The van der Waals surface area contributed by atoms with Gasteiger partial charge < -0.3 is 14.8 Å². The first-order chi connectivity index (χ1) is 8.37. The predicted octanol–water partition coefficient (Wildman–Crippen LogP) is -4.99. The molecular formula is C8H10N3NaO6S. The molecule has 3 aliphatic rings. The fraction of sp³-hybridized carbons (Fsp3) is 0.750. The third kappa shape index (κ3) is 2.48. The summed E-state index contributed by atoms with van der Waals surface area (Å²) in [5, 5.41) is 3.24. The molecule has 3 aliphatic heterocycles. The molecule has 3 atom stereocenters. The van der Waals surface area contributed by atoms with Crippen molar-refractivity contribution in [1.82, 2.24) is 15.3 Å². The number of piperidine rings is 1. The van der Waals surface area contributed by atoms with Gasteiger partial charge in [-0.05, 0) is 6.42 Å². The molecule has 9 nitrogen and oxygen atoms in total. The number of amides is 3. The number of hydroxylamine groups is 2. The van der Waals surface area contributed by atoms with Crippen molar-refractivity contribution in [3.63, 3.8) is 0 Å². The smallest absolute Gasteiger partial charge is 0.724 e. The Morgan fingerprint density at radius 2 is 2.05 bits per heavy atom. The van der Waals surface area contributed by atoms with Crippen LogP contribution in [0.15, 0.2) is 0 Å². The van der Waals surface area contributed by atoms with E-state index in [4.69, 9.17) is 0 Å². The number of rotatable bonds is 2. The number of nitrogens with zero attached hydrogens (tertiary/aromatic N) is 2. The average molecular weight is 299 g/mol. The minimum atomic E-state index is -4.99. The van der Waals surface area contributed by atoms with Crippen molar-refractivity contribution in [2.75, 3.05) is 13.1 Å². The molecule has 100 valence electrons. The fourth-order valence-corrected chi connectivity index (χ4v) is 3.26. The number of carbonyl (C=O) groups is 2. The van der Waals surface area contributed by atoms with Gasteiger partial charge in [-0.25, -0.2) is 13.2 Å². The summed E-state index contributed by atoms with van der Waals surface area (Å²) < 4.78 is 35.8. The van der Waals surface area contributed by atoms with Crippen LogP contribution in [-0.4, -0.2) is 60.0 Å². The zero-order chi connectivity index (χ0) is 13.1. The van der Waals surface area contributed by atoms with E-state index in [0.717, 1.165) is 0 Å². The Morgan fingerprint density at radius 3 is 2.68 bits per heavy atom. The van der Waals surface area contributed by atoms with Crippen LogP contribution in [0.5, 0.6) is 0 Å². The second kappa shape index (κ2) is 4.86. The number of hydrogen-bond donors (Lipinski definition) is 1. The van der Waals surface area contributed by atoms with Gasteiger partial charge in [0.1, 0.15) is 6.04 Å². The molecule has 3 amide bonds. The molecule has 0 aromatic rings. The maximum atomic E-state index is 11.9. The minimum Gasteiger partial charge on any atom is -0.724 e. The summed E-state index contributed by atoms with van der Waals surface area (Å²) in [4.78, 5) is 24.7. The fourth-order valence-electron chi connectivity index (χ4n) is 2.88. The summed E-state index contributed by atoms with van der Waals surface area (Å²) >= 11 is 0. The van der Waals surface area contributed by atoms with Crippen molar-refractivity contribution in [1.29, 1.82) is 0 Å². The van der Waals surface area contributed by atoms with Gasteiger partial charge >= 0.3 is 35.6 Å². The van der Waals surface area contributed by atoms with E-state index in [9.17, 15) is 22.6 Å². The molecule has 0 unspecified atom stereocenters. The first-order valence-electron chi connectivity index (χ1n) is 5.40. The maximum absolute atomic E-state index is 11.9. The standard InChI is InChI=1S/C8H11N3O6S.Na/c12-7-6-4(2-9-7)1-5-3-10(6)8(13)11(5)17-18(14,15)16;/h4-6H,1-3H2,(H,9,12)(H,14,15,16);/q;+1/p-1/t4-,5+,6-;/m0./s1. The van der Waals surface area contributed by atoms with Crippen molar-refractivity contribution >= 4 is 22.3 Å². The van der Waals surface area contributed by atoms with Crippen LogP contribution in [0.3, 0.4) is 0 Å². The van der Waals surface area contributed by atoms with E-state index in [1.807, 2.05) is 0 Å². The number of hydrogen-bond acceptors (Lipinski definition) is 6. The zero-order valence-electron chi connectivity index (χ0n) is 10.1. The number of nitrogens with one attached hydrogen (secondary N) is 1. The Hall–Kier alpha value is -0.390. The van der Waals surface area contributed by atoms with Crippen molar-refractivity contribution in [3.05, 3.63) is 0 Å². The molecule has 1 N–H and O–H groups in total.